The zero-order valence-electron chi connectivity index (χ0n) is 17.5. The summed E-state index contributed by atoms with van der Waals surface area (Å²) in [6.07, 6.45) is 0.869. The molecule has 3 aromatic rings. The Morgan fingerprint density at radius 2 is 1.74 bits per heavy atom. The van der Waals surface area contributed by atoms with Crippen LogP contribution in [0.5, 0.6) is 0 Å². The van der Waals surface area contributed by atoms with Crippen LogP contribution in [-0.2, 0) is 14.3 Å². The Morgan fingerprint density at radius 1 is 1.00 bits per heavy atom. The van der Waals surface area contributed by atoms with Gasteiger partial charge in [0.25, 0.3) is 5.91 Å². The molecular weight excluding hydrogens is 485 g/mol. The lowest BCUT2D eigenvalue weighted by atomic mass is 10.0. The molecule has 0 spiro atoms. The van der Waals surface area contributed by atoms with E-state index in [1.165, 1.54) is 11.0 Å². The fraction of sp³-hybridized carbons (Fsp3) is 0.120. The molecule has 3 aromatic carbocycles. The first-order valence-corrected chi connectivity index (χ1v) is 11.0. The van der Waals surface area contributed by atoms with Crippen LogP contribution in [0.4, 0.5) is 8.78 Å². The van der Waals surface area contributed by atoms with Crippen molar-refractivity contribution in [3.8, 4) is 11.1 Å². The van der Waals surface area contributed by atoms with Crippen LogP contribution in [0, 0.1) is 11.6 Å². The molecular formula is C25H16Cl2F2N2O3. The number of hydrogen-bond acceptors (Lipinski definition) is 4. The number of rotatable bonds is 4. The van der Waals surface area contributed by atoms with Crippen LogP contribution in [0.25, 0.3) is 17.2 Å². The van der Waals surface area contributed by atoms with Crippen molar-refractivity contribution < 1.29 is 23.0 Å². The van der Waals surface area contributed by atoms with E-state index in [-0.39, 0.29) is 30.6 Å². The van der Waals surface area contributed by atoms with Crippen molar-refractivity contribution in [2.24, 2.45) is 4.99 Å². The Hall–Kier alpha value is -3.42. The van der Waals surface area contributed by atoms with Crippen LogP contribution in [0.1, 0.15) is 11.1 Å². The smallest absolute Gasteiger partial charge is 0.293 e. The molecule has 5 nitrogen and oxygen atoms in total. The van der Waals surface area contributed by atoms with E-state index in [1.807, 2.05) is 30.3 Å². The largest absolute Gasteiger partial charge is 0.473 e. The highest BCUT2D eigenvalue weighted by atomic mass is 35.5. The lowest BCUT2D eigenvalue weighted by Gasteiger charge is -2.15. The number of ether oxygens (including phenoxy) is 2. The quantitative estimate of drug-likeness (QED) is 0.419. The minimum absolute atomic E-state index is 0.0258. The molecule has 1 atom stereocenters. The molecule has 0 aliphatic carbocycles. The highest BCUT2D eigenvalue weighted by Crippen LogP contribution is 2.31. The van der Waals surface area contributed by atoms with Crippen LogP contribution in [0.3, 0.4) is 0 Å². The fourth-order valence-electron chi connectivity index (χ4n) is 3.72. The van der Waals surface area contributed by atoms with Gasteiger partial charge in [0.05, 0.1) is 0 Å². The molecule has 9 heteroatoms. The Morgan fingerprint density at radius 3 is 2.44 bits per heavy atom. The number of nitrogens with zero attached hydrogens (tertiary/aromatic N) is 2. The van der Waals surface area contributed by atoms with Crippen LogP contribution in [0.15, 0.2) is 71.4 Å². The number of halogens is 4. The van der Waals surface area contributed by atoms with Gasteiger partial charge in [-0.25, -0.2) is 13.8 Å². The van der Waals surface area contributed by atoms with E-state index >= 15 is 0 Å². The molecule has 5 rings (SSSR count). The van der Waals surface area contributed by atoms with Crippen molar-refractivity contribution in [1.82, 2.24) is 4.90 Å². The third kappa shape index (κ3) is 4.24. The summed E-state index contributed by atoms with van der Waals surface area (Å²) < 4.78 is 39.0. The Labute approximate surface area is 203 Å². The van der Waals surface area contributed by atoms with E-state index in [9.17, 15) is 13.6 Å². The first-order chi connectivity index (χ1) is 16.4. The SMILES string of the molecule is O=C1/C(=C/c2ccc(-c3ccc(Cl)cc3Cl)cc2)OCN1C1COC(c2c(F)cccc2F)=N1. The van der Waals surface area contributed by atoms with Crippen LogP contribution in [-0.4, -0.2) is 36.2 Å². The topological polar surface area (TPSA) is 51.1 Å². The van der Waals surface area contributed by atoms with Gasteiger partial charge in [-0.2, -0.15) is 0 Å². The fourth-order valence-corrected chi connectivity index (χ4v) is 4.24. The second-order valence-electron chi connectivity index (χ2n) is 7.63. The maximum Gasteiger partial charge on any atom is 0.293 e. The minimum atomic E-state index is -0.785. The van der Waals surface area contributed by atoms with E-state index in [1.54, 1.807) is 18.2 Å². The van der Waals surface area contributed by atoms with Gasteiger partial charge in [0, 0.05) is 15.6 Å². The van der Waals surface area contributed by atoms with Crippen molar-refractivity contribution in [1.29, 1.82) is 0 Å². The van der Waals surface area contributed by atoms with E-state index in [0.29, 0.717) is 10.0 Å². The van der Waals surface area contributed by atoms with E-state index in [4.69, 9.17) is 32.7 Å². The van der Waals surface area contributed by atoms with E-state index in [0.717, 1.165) is 28.8 Å². The first-order valence-electron chi connectivity index (χ1n) is 10.3. The van der Waals surface area contributed by atoms with Gasteiger partial charge in [-0.15, -0.1) is 0 Å². The molecule has 172 valence electrons. The van der Waals surface area contributed by atoms with Crippen molar-refractivity contribution in [3.05, 3.63) is 99.2 Å². The molecule has 2 aliphatic heterocycles. The molecule has 2 heterocycles. The van der Waals surface area contributed by atoms with Gasteiger partial charge in [0.1, 0.15) is 23.8 Å². The molecule has 0 bridgehead atoms. The van der Waals surface area contributed by atoms with Gasteiger partial charge in [0.2, 0.25) is 5.90 Å². The number of hydrogen-bond donors (Lipinski definition) is 0. The van der Waals surface area contributed by atoms with Crippen LogP contribution < -0.4 is 0 Å². The van der Waals surface area contributed by atoms with Gasteiger partial charge < -0.3 is 9.47 Å². The number of benzene rings is 3. The second-order valence-corrected chi connectivity index (χ2v) is 8.47. The monoisotopic (exact) mass is 500 g/mol. The molecule has 0 N–H and O–H groups in total. The lowest BCUT2D eigenvalue weighted by molar-refractivity contribution is -0.126. The molecule has 1 fully saturated rings. The van der Waals surface area contributed by atoms with Gasteiger partial charge in [-0.05, 0) is 41.5 Å². The predicted octanol–water partition coefficient (Wildman–Crippen LogP) is 5.90. The summed E-state index contributed by atoms with van der Waals surface area (Å²) in [5.41, 5.74) is 2.13. The molecule has 0 aromatic heterocycles. The third-order valence-corrected chi connectivity index (χ3v) is 6.00. The van der Waals surface area contributed by atoms with Gasteiger partial charge in [-0.3, -0.25) is 9.69 Å². The highest BCUT2D eigenvalue weighted by molar-refractivity contribution is 6.36. The van der Waals surface area contributed by atoms with Crippen molar-refractivity contribution in [3.63, 3.8) is 0 Å². The summed E-state index contributed by atoms with van der Waals surface area (Å²) in [7, 11) is 0. The standard InChI is InChI=1S/C25H16Cl2F2N2O3/c26-16-8-9-17(18(27)11-16)15-6-4-14(5-7-15)10-21-25(32)31(13-34-21)22-12-33-24(30-22)23-19(28)2-1-3-20(23)29/h1-11,22H,12-13H2/b21-10-. The Bertz CT molecular complexity index is 1320. The Balaban J connectivity index is 1.32. The highest BCUT2D eigenvalue weighted by Gasteiger charge is 2.37. The zero-order valence-corrected chi connectivity index (χ0v) is 19.0. The molecule has 2 aliphatic rings. The average Bonchev–Trinajstić information content (AvgIpc) is 3.42. The zero-order chi connectivity index (χ0) is 23.8. The summed E-state index contributed by atoms with van der Waals surface area (Å²) in [5.74, 6) is -2.00. The average molecular weight is 501 g/mol. The van der Waals surface area contributed by atoms with Gasteiger partial charge in [0.15, 0.2) is 18.7 Å². The van der Waals surface area contributed by atoms with E-state index in [2.05, 4.69) is 4.99 Å². The second kappa shape index (κ2) is 9.08. The molecule has 34 heavy (non-hydrogen) atoms. The summed E-state index contributed by atoms with van der Waals surface area (Å²) >= 11 is 12.2. The summed E-state index contributed by atoms with van der Waals surface area (Å²) in [5, 5.41) is 1.09. The Kier molecular flexibility index (Phi) is 5.98. The number of carbonyl (C=O) groups is 1. The van der Waals surface area contributed by atoms with E-state index < -0.39 is 23.7 Å². The lowest BCUT2D eigenvalue weighted by Crippen LogP contribution is -2.36. The molecule has 0 radical (unpaired) electrons. The van der Waals surface area contributed by atoms with Gasteiger partial charge in [-0.1, -0.05) is 59.6 Å². The minimum Gasteiger partial charge on any atom is -0.473 e. The number of aliphatic imine (C=N–C) groups is 1. The normalized spacial score (nSPS) is 18.8. The predicted molar refractivity (Wildman–Crippen MR) is 125 cm³/mol. The number of amides is 1. The first kappa shape index (κ1) is 22.4. The van der Waals surface area contributed by atoms with Crippen molar-refractivity contribution in [2.45, 2.75) is 6.17 Å². The number of carbonyl (C=O) groups excluding carboxylic acids is 1. The van der Waals surface area contributed by atoms with Crippen LogP contribution in [0.2, 0.25) is 10.0 Å². The maximum atomic E-state index is 14.0. The summed E-state index contributed by atoms with van der Waals surface area (Å²) in [6, 6.07) is 16.2. The van der Waals surface area contributed by atoms with Crippen molar-refractivity contribution >= 4 is 41.1 Å². The molecule has 1 unspecified atom stereocenters. The maximum absolute atomic E-state index is 14.0. The molecule has 1 amide bonds. The molecule has 1 saturated heterocycles. The van der Waals surface area contributed by atoms with Gasteiger partial charge >= 0.3 is 0 Å². The third-order valence-electron chi connectivity index (χ3n) is 5.45. The summed E-state index contributed by atoms with van der Waals surface area (Å²) in [6.45, 7) is -0.0737. The summed E-state index contributed by atoms with van der Waals surface area (Å²) in [4.78, 5) is 18.4. The molecule has 0 saturated carbocycles. The van der Waals surface area contributed by atoms with Crippen LogP contribution >= 0.6 is 23.2 Å². The van der Waals surface area contributed by atoms with Crippen molar-refractivity contribution in [2.75, 3.05) is 13.3 Å².